The largest absolute Gasteiger partial charge is 0.465 e. The fraction of sp³-hybridized carbons (Fsp3) is 0.300. The summed E-state index contributed by atoms with van der Waals surface area (Å²) in [6.45, 7) is 1.41. The minimum atomic E-state index is -3.04. The number of rotatable bonds is 3. The van der Waals surface area contributed by atoms with Gasteiger partial charge in [0.1, 0.15) is 5.82 Å². The molecule has 0 radical (unpaired) electrons. The summed E-state index contributed by atoms with van der Waals surface area (Å²) < 4.78 is 38.6. The molecule has 0 bridgehead atoms. The summed E-state index contributed by atoms with van der Waals surface area (Å²) in [7, 11) is 0. The number of nitrogens with two attached hydrogens (primary N) is 1. The highest BCUT2D eigenvalue weighted by Crippen LogP contribution is 2.30. The van der Waals surface area contributed by atoms with Gasteiger partial charge in [-0.25, -0.2) is 18.0 Å². The summed E-state index contributed by atoms with van der Waals surface area (Å²) in [5.74, 6) is -1.11. The topological polar surface area (TPSA) is 75.3 Å². The number of hydrogen-bond donors (Lipinski definition) is 3. The quantitative estimate of drug-likeness (QED) is 0.769. The maximum atomic E-state index is 13.6. The van der Waals surface area contributed by atoms with E-state index in [0.717, 1.165) is 12.1 Å². The Balaban J connectivity index is 3.31. The number of carboxylic acid groups (broad SMARTS) is 1. The summed E-state index contributed by atoms with van der Waals surface area (Å²) in [5.41, 5.74) is 4.25. The van der Waals surface area contributed by atoms with Crippen molar-refractivity contribution in [2.75, 3.05) is 5.32 Å². The standard InChI is InChI=1S/C10H11F3N2O2/c1-4(14)6-2-5(15-10(16)17)3-7(8(6)11)9(12)13/h2-4,9,15H,14H2,1H3,(H,16,17)/t4-/m1/s1. The Labute approximate surface area is 95.2 Å². The summed E-state index contributed by atoms with van der Waals surface area (Å²) in [6.07, 6.45) is -4.46. The Bertz CT molecular complexity index is 407. The second kappa shape index (κ2) is 5.05. The highest BCUT2D eigenvalue weighted by molar-refractivity contribution is 5.83. The molecule has 0 fully saturated rings. The Morgan fingerprint density at radius 1 is 1.41 bits per heavy atom. The summed E-state index contributed by atoms with van der Waals surface area (Å²) in [4.78, 5) is 10.4. The number of anilines is 1. The SMILES string of the molecule is C[C@@H](N)c1cc(NC(=O)O)cc(C(F)F)c1F. The normalized spacial score (nSPS) is 12.6. The van der Waals surface area contributed by atoms with Crippen molar-refractivity contribution in [1.82, 2.24) is 0 Å². The van der Waals surface area contributed by atoms with Crippen molar-refractivity contribution in [3.05, 3.63) is 29.1 Å². The molecule has 94 valence electrons. The molecule has 0 heterocycles. The van der Waals surface area contributed by atoms with E-state index in [1.54, 1.807) is 0 Å². The molecule has 0 aliphatic heterocycles. The molecule has 0 saturated carbocycles. The first-order valence-electron chi connectivity index (χ1n) is 4.70. The number of alkyl halides is 2. The second-order valence-corrected chi connectivity index (χ2v) is 3.49. The highest BCUT2D eigenvalue weighted by atomic mass is 19.3. The number of halogens is 3. The molecule has 1 aromatic rings. The Morgan fingerprint density at radius 3 is 2.35 bits per heavy atom. The zero-order chi connectivity index (χ0) is 13.2. The third kappa shape index (κ3) is 3.10. The molecular weight excluding hydrogens is 237 g/mol. The van der Waals surface area contributed by atoms with Crippen molar-refractivity contribution in [1.29, 1.82) is 0 Å². The van der Waals surface area contributed by atoms with Crippen molar-refractivity contribution in [2.45, 2.75) is 19.4 Å². The van der Waals surface area contributed by atoms with Crippen LogP contribution in [0.4, 0.5) is 23.7 Å². The van der Waals surface area contributed by atoms with Gasteiger partial charge in [-0.05, 0) is 19.1 Å². The minimum absolute atomic E-state index is 0.137. The van der Waals surface area contributed by atoms with Crippen LogP contribution in [0.5, 0.6) is 0 Å². The number of amides is 1. The van der Waals surface area contributed by atoms with Crippen LogP contribution in [0, 0.1) is 5.82 Å². The van der Waals surface area contributed by atoms with Gasteiger partial charge in [0.2, 0.25) is 0 Å². The zero-order valence-corrected chi connectivity index (χ0v) is 8.88. The van der Waals surface area contributed by atoms with E-state index in [4.69, 9.17) is 10.8 Å². The van der Waals surface area contributed by atoms with E-state index in [2.05, 4.69) is 0 Å². The molecule has 0 saturated heterocycles. The fourth-order valence-corrected chi connectivity index (χ4v) is 1.36. The van der Waals surface area contributed by atoms with E-state index < -0.39 is 29.9 Å². The molecule has 0 aliphatic carbocycles. The average molecular weight is 248 g/mol. The van der Waals surface area contributed by atoms with Gasteiger partial charge in [-0.15, -0.1) is 0 Å². The van der Waals surface area contributed by atoms with E-state index in [9.17, 15) is 18.0 Å². The van der Waals surface area contributed by atoms with E-state index in [1.165, 1.54) is 6.92 Å². The van der Waals surface area contributed by atoms with Gasteiger partial charge in [0.15, 0.2) is 0 Å². The Kier molecular flexibility index (Phi) is 3.95. The van der Waals surface area contributed by atoms with Crippen LogP contribution < -0.4 is 11.1 Å². The monoisotopic (exact) mass is 248 g/mol. The van der Waals surface area contributed by atoms with Crippen molar-refractivity contribution in [3.8, 4) is 0 Å². The molecular formula is C10H11F3N2O2. The van der Waals surface area contributed by atoms with Crippen LogP contribution in [0.3, 0.4) is 0 Å². The average Bonchev–Trinajstić information content (AvgIpc) is 2.18. The van der Waals surface area contributed by atoms with Crippen molar-refractivity contribution in [2.24, 2.45) is 5.73 Å². The molecule has 17 heavy (non-hydrogen) atoms. The van der Waals surface area contributed by atoms with Crippen molar-refractivity contribution < 1.29 is 23.1 Å². The molecule has 0 aliphatic rings. The lowest BCUT2D eigenvalue weighted by Gasteiger charge is -2.13. The molecule has 4 nitrogen and oxygen atoms in total. The Morgan fingerprint density at radius 2 is 1.94 bits per heavy atom. The minimum Gasteiger partial charge on any atom is -0.465 e. The molecule has 0 aromatic heterocycles. The third-order valence-corrected chi connectivity index (χ3v) is 2.11. The molecule has 0 spiro atoms. The molecule has 1 atom stereocenters. The third-order valence-electron chi connectivity index (χ3n) is 2.11. The molecule has 1 aromatic carbocycles. The summed E-state index contributed by atoms with van der Waals surface area (Å²) in [5, 5.41) is 10.4. The predicted molar refractivity (Wildman–Crippen MR) is 55.6 cm³/mol. The zero-order valence-electron chi connectivity index (χ0n) is 8.88. The van der Waals surface area contributed by atoms with E-state index in [1.807, 2.05) is 5.32 Å². The number of hydrogen-bond acceptors (Lipinski definition) is 2. The number of carbonyl (C=O) groups is 1. The molecule has 7 heteroatoms. The smallest absolute Gasteiger partial charge is 0.409 e. The molecule has 1 amide bonds. The summed E-state index contributed by atoms with van der Waals surface area (Å²) >= 11 is 0. The predicted octanol–water partition coefficient (Wildman–Crippen LogP) is 2.87. The molecule has 4 N–H and O–H groups in total. The highest BCUT2D eigenvalue weighted by Gasteiger charge is 2.20. The second-order valence-electron chi connectivity index (χ2n) is 3.49. The maximum absolute atomic E-state index is 13.6. The first-order chi connectivity index (χ1) is 7.82. The van der Waals surface area contributed by atoms with Gasteiger partial charge in [0.05, 0.1) is 5.56 Å². The van der Waals surface area contributed by atoms with Gasteiger partial charge < -0.3 is 10.8 Å². The van der Waals surface area contributed by atoms with Crippen LogP contribution >= 0.6 is 0 Å². The van der Waals surface area contributed by atoms with Crippen LogP contribution in [0.2, 0.25) is 0 Å². The van der Waals surface area contributed by atoms with E-state index in [-0.39, 0.29) is 11.3 Å². The van der Waals surface area contributed by atoms with Crippen LogP contribution in [-0.4, -0.2) is 11.2 Å². The van der Waals surface area contributed by atoms with Gasteiger partial charge in [0, 0.05) is 17.3 Å². The first-order valence-corrected chi connectivity index (χ1v) is 4.70. The summed E-state index contributed by atoms with van der Waals surface area (Å²) in [6, 6.07) is 1.03. The van der Waals surface area contributed by atoms with Crippen LogP contribution in [0.25, 0.3) is 0 Å². The number of benzene rings is 1. The van der Waals surface area contributed by atoms with Crippen LogP contribution in [-0.2, 0) is 0 Å². The number of nitrogens with one attached hydrogen (secondary N) is 1. The van der Waals surface area contributed by atoms with Gasteiger partial charge in [0.25, 0.3) is 6.43 Å². The maximum Gasteiger partial charge on any atom is 0.409 e. The Hall–Kier alpha value is -1.76. The van der Waals surface area contributed by atoms with Crippen LogP contribution in [0.15, 0.2) is 12.1 Å². The van der Waals surface area contributed by atoms with Gasteiger partial charge in [-0.2, -0.15) is 0 Å². The van der Waals surface area contributed by atoms with Crippen LogP contribution in [0.1, 0.15) is 30.5 Å². The molecule has 0 unspecified atom stereocenters. The lowest BCUT2D eigenvalue weighted by Crippen LogP contribution is -2.13. The van der Waals surface area contributed by atoms with Crippen molar-refractivity contribution >= 4 is 11.8 Å². The lowest BCUT2D eigenvalue weighted by atomic mass is 10.0. The van der Waals surface area contributed by atoms with Crippen molar-refractivity contribution in [3.63, 3.8) is 0 Å². The fourth-order valence-electron chi connectivity index (χ4n) is 1.36. The van der Waals surface area contributed by atoms with E-state index in [0.29, 0.717) is 0 Å². The lowest BCUT2D eigenvalue weighted by molar-refractivity contribution is 0.146. The molecule has 1 rings (SSSR count). The van der Waals surface area contributed by atoms with Gasteiger partial charge >= 0.3 is 6.09 Å². The first kappa shape index (κ1) is 13.3. The van der Waals surface area contributed by atoms with Gasteiger partial charge in [-0.3, -0.25) is 5.32 Å². The van der Waals surface area contributed by atoms with E-state index >= 15 is 0 Å². The van der Waals surface area contributed by atoms with Gasteiger partial charge in [-0.1, -0.05) is 0 Å².